The number of rotatable bonds is 14. The van der Waals surface area contributed by atoms with Gasteiger partial charge in [0.1, 0.15) is 22.3 Å². The second-order valence-corrected chi connectivity index (χ2v) is 11.2. The summed E-state index contributed by atoms with van der Waals surface area (Å²) in [6.07, 6.45) is -4.28. The van der Waals surface area contributed by atoms with E-state index in [1.54, 1.807) is 12.1 Å². The van der Waals surface area contributed by atoms with Gasteiger partial charge in [0.05, 0.1) is 24.0 Å². The Bertz CT molecular complexity index is 1460. The highest BCUT2D eigenvalue weighted by molar-refractivity contribution is 7.53. The first kappa shape index (κ1) is 33.7. The average Bonchev–Trinajstić information content (AvgIpc) is 2.96. The Balaban J connectivity index is 2.06. The molecule has 0 spiro atoms. The lowest BCUT2D eigenvalue weighted by molar-refractivity contribution is -0.137. The average molecular weight is 628 g/mol. The largest absolute Gasteiger partial charge is 0.495 e. The fourth-order valence-corrected chi connectivity index (χ4v) is 5.66. The number of ether oxygens (including phenoxy) is 3. The molecular weight excluding hydrogens is 594 g/mol. The molecule has 3 aromatic rings. The number of nitrogens with zero attached hydrogens (tertiary/aromatic N) is 2. The highest BCUT2D eigenvalue weighted by Gasteiger charge is 2.48. The summed E-state index contributed by atoms with van der Waals surface area (Å²) in [5.41, 5.74) is -0.534. The molecule has 0 saturated carbocycles. The summed E-state index contributed by atoms with van der Waals surface area (Å²) in [7, 11) is 0.769. The van der Waals surface area contributed by atoms with Crippen molar-refractivity contribution in [1.29, 1.82) is 0 Å². The lowest BCUT2D eigenvalue weighted by Crippen LogP contribution is -2.30. The molecule has 0 aliphatic heterocycles. The van der Waals surface area contributed by atoms with Gasteiger partial charge in [-0.2, -0.15) is 18.2 Å². The molecule has 12 nitrogen and oxygen atoms in total. The van der Waals surface area contributed by atoms with Gasteiger partial charge in [-0.1, -0.05) is 18.2 Å². The van der Waals surface area contributed by atoms with Crippen LogP contribution >= 0.6 is 7.60 Å². The lowest BCUT2D eigenvalue weighted by Gasteiger charge is -2.35. The van der Waals surface area contributed by atoms with Crippen molar-refractivity contribution >= 4 is 36.6 Å². The Kier molecular flexibility index (Phi) is 11.1. The van der Waals surface area contributed by atoms with Crippen molar-refractivity contribution in [2.24, 2.45) is 0 Å². The van der Waals surface area contributed by atoms with Crippen molar-refractivity contribution < 1.29 is 46.5 Å². The fraction of sp³-hybridized carbons (Fsp3) is 0.370. The van der Waals surface area contributed by atoms with Crippen LogP contribution in [0.4, 0.5) is 36.3 Å². The molecule has 0 aliphatic carbocycles. The van der Waals surface area contributed by atoms with Crippen molar-refractivity contribution in [3.8, 4) is 5.75 Å². The van der Waals surface area contributed by atoms with Crippen LogP contribution in [0.15, 0.2) is 48.7 Å². The maximum absolute atomic E-state index is 13.9. The van der Waals surface area contributed by atoms with Gasteiger partial charge in [-0.3, -0.25) is 9.36 Å². The van der Waals surface area contributed by atoms with Gasteiger partial charge in [0, 0.05) is 40.7 Å². The number of methoxy groups -OCH3 is 3. The zero-order valence-electron chi connectivity index (χ0n) is 23.9. The summed E-state index contributed by atoms with van der Waals surface area (Å²) < 4.78 is 70.1. The van der Waals surface area contributed by atoms with Crippen molar-refractivity contribution in [2.75, 3.05) is 52.2 Å². The summed E-state index contributed by atoms with van der Waals surface area (Å²) in [6.45, 7) is 0.102. The SMILES string of the molecule is CNC(=O)c1ccccc1Nc1nc(Nc2ccc(C(CCOC)(CCOC)P(=O)(O)O)cc2OC)ncc1C(F)(F)F. The number of carbonyl (C=O) groups excluding carboxylic acids is 1. The van der Waals surface area contributed by atoms with Gasteiger partial charge in [-0.15, -0.1) is 0 Å². The molecule has 3 rings (SSSR count). The standard InChI is InChI=1S/C27H33F3N5O7P/c1-31-24(36)18-7-5-6-8-20(18)33-23-19(27(28,29)30)16-32-25(35-23)34-21-10-9-17(15-22(21)42-4)26(11-13-40-2,12-14-41-3)43(37,38)39/h5-10,15-16H,11-14H2,1-4H3,(H,31,36)(H2,37,38,39)(H2,32,33,34,35). The minimum absolute atomic E-state index is 0.0262. The van der Waals surface area contributed by atoms with E-state index in [1.165, 1.54) is 58.7 Å². The van der Waals surface area contributed by atoms with Crippen molar-refractivity contribution in [2.45, 2.75) is 24.2 Å². The molecule has 0 saturated heterocycles. The van der Waals surface area contributed by atoms with Crippen LogP contribution in [0.3, 0.4) is 0 Å². The Morgan fingerprint density at radius 3 is 2.19 bits per heavy atom. The summed E-state index contributed by atoms with van der Waals surface area (Å²) in [4.78, 5) is 40.9. The topological polar surface area (TPSA) is 164 Å². The summed E-state index contributed by atoms with van der Waals surface area (Å²) in [5, 5.41) is 6.16. The molecule has 43 heavy (non-hydrogen) atoms. The van der Waals surface area contributed by atoms with E-state index >= 15 is 0 Å². The Morgan fingerprint density at radius 2 is 1.63 bits per heavy atom. The number of hydrogen-bond donors (Lipinski definition) is 5. The van der Waals surface area contributed by atoms with Crippen LogP contribution in [0, 0.1) is 0 Å². The number of hydrogen-bond acceptors (Lipinski definition) is 9. The van der Waals surface area contributed by atoms with Gasteiger partial charge in [-0.25, -0.2) is 4.98 Å². The lowest BCUT2D eigenvalue weighted by atomic mass is 9.91. The molecule has 0 bridgehead atoms. The number of alkyl halides is 3. The normalized spacial score (nSPS) is 12.1. The van der Waals surface area contributed by atoms with E-state index in [9.17, 15) is 32.3 Å². The molecule has 1 aromatic heterocycles. The maximum atomic E-state index is 13.9. The van der Waals surface area contributed by atoms with Gasteiger partial charge in [-0.05, 0) is 42.7 Å². The second-order valence-electron chi connectivity index (χ2n) is 9.30. The number of carbonyl (C=O) groups is 1. The molecule has 2 aromatic carbocycles. The van der Waals surface area contributed by atoms with E-state index in [-0.39, 0.29) is 60.3 Å². The van der Waals surface area contributed by atoms with E-state index < -0.39 is 36.2 Å². The number of aromatic nitrogens is 2. The number of halogens is 3. The molecule has 234 valence electrons. The molecule has 0 aliphatic rings. The zero-order valence-corrected chi connectivity index (χ0v) is 24.8. The first-order valence-electron chi connectivity index (χ1n) is 12.8. The van der Waals surface area contributed by atoms with Gasteiger partial charge in [0.25, 0.3) is 5.91 Å². The second kappa shape index (κ2) is 14.1. The highest BCUT2D eigenvalue weighted by atomic mass is 31.2. The van der Waals surface area contributed by atoms with Crippen LogP contribution in [-0.2, 0) is 25.4 Å². The third-order valence-corrected chi connectivity index (χ3v) is 8.55. The zero-order chi connectivity index (χ0) is 31.8. The minimum Gasteiger partial charge on any atom is -0.495 e. The quantitative estimate of drug-likeness (QED) is 0.156. The third-order valence-electron chi connectivity index (χ3n) is 6.73. The predicted octanol–water partition coefficient (Wildman–Crippen LogP) is 4.80. The van der Waals surface area contributed by atoms with Crippen LogP contribution < -0.4 is 20.7 Å². The molecule has 0 fully saturated rings. The Labute approximate surface area is 246 Å². The number of benzene rings is 2. The highest BCUT2D eigenvalue weighted by Crippen LogP contribution is 2.61. The van der Waals surface area contributed by atoms with Gasteiger partial charge >= 0.3 is 13.8 Å². The van der Waals surface area contributed by atoms with E-state index in [2.05, 4.69) is 25.9 Å². The van der Waals surface area contributed by atoms with Crippen molar-refractivity contribution in [3.63, 3.8) is 0 Å². The number of anilines is 4. The summed E-state index contributed by atoms with van der Waals surface area (Å²) in [6, 6.07) is 10.3. The third kappa shape index (κ3) is 7.80. The van der Waals surface area contributed by atoms with Crippen molar-refractivity contribution in [1.82, 2.24) is 15.3 Å². The molecular formula is C27H33F3N5O7P. The Hall–Kier alpha value is -3.75. The van der Waals surface area contributed by atoms with Crippen LogP contribution in [0.1, 0.15) is 34.3 Å². The minimum atomic E-state index is -4.82. The van der Waals surface area contributed by atoms with Crippen LogP contribution in [-0.4, -0.2) is 67.3 Å². The summed E-state index contributed by atoms with van der Waals surface area (Å²) in [5.74, 6) is -1.26. The first-order valence-corrected chi connectivity index (χ1v) is 14.4. The molecule has 0 radical (unpaired) electrons. The predicted molar refractivity (Wildman–Crippen MR) is 153 cm³/mol. The number of amides is 1. The van der Waals surface area contributed by atoms with E-state index in [0.29, 0.717) is 6.20 Å². The molecule has 0 atom stereocenters. The van der Waals surface area contributed by atoms with Gasteiger partial charge in [0.15, 0.2) is 0 Å². The van der Waals surface area contributed by atoms with Gasteiger partial charge < -0.3 is 39.9 Å². The Morgan fingerprint density at radius 1 is 0.977 bits per heavy atom. The van der Waals surface area contributed by atoms with E-state index in [0.717, 1.165) is 0 Å². The van der Waals surface area contributed by atoms with E-state index in [4.69, 9.17) is 14.2 Å². The molecule has 5 N–H and O–H groups in total. The monoisotopic (exact) mass is 627 g/mol. The number of nitrogens with one attached hydrogen (secondary N) is 3. The molecule has 16 heteroatoms. The smallest absolute Gasteiger partial charge is 0.421 e. The van der Waals surface area contributed by atoms with Crippen LogP contribution in [0.5, 0.6) is 5.75 Å². The maximum Gasteiger partial charge on any atom is 0.421 e. The van der Waals surface area contributed by atoms with Crippen LogP contribution in [0.2, 0.25) is 0 Å². The van der Waals surface area contributed by atoms with Crippen LogP contribution in [0.25, 0.3) is 0 Å². The van der Waals surface area contributed by atoms with E-state index in [1.807, 2.05) is 0 Å². The summed E-state index contributed by atoms with van der Waals surface area (Å²) >= 11 is 0. The molecule has 1 amide bonds. The fourth-order valence-electron chi connectivity index (χ4n) is 4.42. The van der Waals surface area contributed by atoms with Gasteiger partial charge in [0.2, 0.25) is 5.95 Å². The molecule has 0 unspecified atom stereocenters. The van der Waals surface area contributed by atoms with Crippen molar-refractivity contribution in [3.05, 3.63) is 65.4 Å². The number of para-hydroxylation sites is 1. The molecule has 1 heterocycles. The first-order chi connectivity index (χ1) is 20.3.